The van der Waals surface area contributed by atoms with Crippen molar-refractivity contribution in [3.05, 3.63) is 30.5 Å². The molecule has 0 bridgehead atoms. The van der Waals surface area contributed by atoms with Gasteiger partial charge in [0.05, 0.1) is 5.69 Å². The minimum Gasteiger partial charge on any atom is -0.396 e. The minimum absolute atomic E-state index is 0.274. The van der Waals surface area contributed by atoms with Crippen molar-refractivity contribution in [2.24, 2.45) is 5.92 Å². The Bertz CT molecular complexity index is 509. The fraction of sp³-hybridized carbons (Fsp3) is 0.429. The Morgan fingerprint density at radius 3 is 2.95 bits per heavy atom. The number of nitrogens with zero attached hydrogens (tertiary/aromatic N) is 3. The third-order valence-electron chi connectivity index (χ3n) is 3.67. The van der Waals surface area contributed by atoms with E-state index in [1.807, 2.05) is 30.5 Å². The maximum absolute atomic E-state index is 8.98. The Morgan fingerprint density at radius 1 is 1.32 bits per heavy atom. The molecule has 1 fully saturated rings. The van der Waals surface area contributed by atoms with Gasteiger partial charge >= 0.3 is 0 Å². The van der Waals surface area contributed by atoms with Gasteiger partial charge in [-0.3, -0.25) is 0 Å². The topological polar surface area (TPSA) is 65.0 Å². The van der Waals surface area contributed by atoms with Crippen LogP contribution in [0.2, 0.25) is 0 Å². The highest BCUT2D eigenvalue weighted by atomic mass is 16.3. The fourth-order valence-corrected chi connectivity index (χ4v) is 2.59. The number of hydrogen-bond acceptors (Lipinski definition) is 4. The first-order valence-corrected chi connectivity index (χ1v) is 6.70. The number of aliphatic hydroxyl groups excluding tert-OH is 1. The fourth-order valence-electron chi connectivity index (χ4n) is 2.59. The van der Waals surface area contributed by atoms with E-state index in [1.54, 1.807) is 0 Å². The van der Waals surface area contributed by atoms with E-state index < -0.39 is 0 Å². The van der Waals surface area contributed by atoms with Crippen molar-refractivity contribution in [1.29, 1.82) is 0 Å². The molecule has 0 saturated carbocycles. The zero-order valence-corrected chi connectivity index (χ0v) is 10.8. The van der Waals surface area contributed by atoms with Crippen LogP contribution in [0.5, 0.6) is 0 Å². The van der Waals surface area contributed by atoms with Crippen LogP contribution in [0.1, 0.15) is 12.8 Å². The molecule has 2 N–H and O–H groups in total. The van der Waals surface area contributed by atoms with E-state index in [2.05, 4.69) is 20.1 Å². The van der Waals surface area contributed by atoms with E-state index in [-0.39, 0.29) is 6.61 Å². The van der Waals surface area contributed by atoms with Gasteiger partial charge in [-0.05, 0) is 43.0 Å². The summed E-state index contributed by atoms with van der Waals surface area (Å²) in [6, 6.07) is 7.94. The van der Waals surface area contributed by atoms with Crippen molar-refractivity contribution < 1.29 is 5.11 Å². The molecule has 3 heterocycles. The van der Waals surface area contributed by atoms with E-state index in [1.165, 1.54) is 0 Å². The van der Waals surface area contributed by atoms with Crippen molar-refractivity contribution in [2.45, 2.75) is 12.8 Å². The number of hydrogen-bond donors (Lipinski definition) is 2. The molecule has 1 atom stereocenters. The zero-order valence-electron chi connectivity index (χ0n) is 10.8. The number of rotatable bonds is 4. The van der Waals surface area contributed by atoms with Gasteiger partial charge < -0.3 is 15.0 Å². The Balaban J connectivity index is 1.70. The van der Waals surface area contributed by atoms with Gasteiger partial charge in [0.1, 0.15) is 5.69 Å². The summed E-state index contributed by atoms with van der Waals surface area (Å²) in [5, 5.41) is 17.5. The van der Waals surface area contributed by atoms with Crippen LogP contribution < -0.4 is 4.90 Å². The lowest BCUT2D eigenvalue weighted by Gasteiger charge is -2.16. The predicted molar refractivity (Wildman–Crippen MR) is 73.8 cm³/mol. The molecule has 0 aromatic carbocycles. The Labute approximate surface area is 112 Å². The molecule has 0 aliphatic carbocycles. The van der Waals surface area contributed by atoms with Crippen LogP contribution in [0.3, 0.4) is 0 Å². The Hall–Kier alpha value is -1.88. The summed E-state index contributed by atoms with van der Waals surface area (Å²) >= 11 is 0. The molecule has 0 spiro atoms. The van der Waals surface area contributed by atoms with Crippen LogP contribution in [0.25, 0.3) is 11.4 Å². The predicted octanol–water partition coefficient (Wildman–Crippen LogP) is 1.68. The smallest absolute Gasteiger partial charge is 0.151 e. The van der Waals surface area contributed by atoms with Crippen LogP contribution in [0, 0.1) is 5.92 Å². The van der Waals surface area contributed by atoms with E-state index in [4.69, 9.17) is 5.11 Å². The zero-order chi connectivity index (χ0) is 13.1. The summed E-state index contributed by atoms with van der Waals surface area (Å²) in [4.78, 5) is 5.36. The molecule has 1 unspecified atom stereocenters. The SMILES string of the molecule is OCCC1CCN(c2ccc(-c3ccc[nH]3)nn2)C1. The van der Waals surface area contributed by atoms with Crippen molar-refractivity contribution in [2.75, 3.05) is 24.6 Å². The van der Waals surface area contributed by atoms with Gasteiger partial charge in [0.25, 0.3) is 0 Å². The van der Waals surface area contributed by atoms with Gasteiger partial charge in [0, 0.05) is 25.9 Å². The molecule has 5 heteroatoms. The molecule has 2 aromatic rings. The number of aromatic nitrogens is 3. The van der Waals surface area contributed by atoms with E-state index in [0.717, 1.165) is 43.1 Å². The highest BCUT2D eigenvalue weighted by Crippen LogP contribution is 2.24. The highest BCUT2D eigenvalue weighted by molar-refractivity contribution is 5.55. The highest BCUT2D eigenvalue weighted by Gasteiger charge is 2.23. The number of aromatic amines is 1. The lowest BCUT2D eigenvalue weighted by molar-refractivity contribution is 0.263. The van der Waals surface area contributed by atoms with Gasteiger partial charge in [-0.25, -0.2) is 0 Å². The Kier molecular flexibility index (Phi) is 3.46. The largest absolute Gasteiger partial charge is 0.396 e. The first-order valence-electron chi connectivity index (χ1n) is 6.70. The first kappa shape index (κ1) is 12.2. The lowest BCUT2D eigenvalue weighted by Crippen LogP contribution is -2.21. The average molecular weight is 258 g/mol. The molecule has 3 rings (SSSR count). The molecule has 100 valence electrons. The second kappa shape index (κ2) is 5.40. The van der Waals surface area contributed by atoms with Crippen molar-refractivity contribution >= 4 is 5.82 Å². The maximum atomic E-state index is 8.98. The number of nitrogens with one attached hydrogen (secondary N) is 1. The van der Waals surface area contributed by atoms with E-state index in [9.17, 15) is 0 Å². The van der Waals surface area contributed by atoms with Crippen LogP contribution >= 0.6 is 0 Å². The van der Waals surface area contributed by atoms with Crippen LogP contribution in [0.4, 0.5) is 5.82 Å². The van der Waals surface area contributed by atoms with Crippen molar-refractivity contribution in [1.82, 2.24) is 15.2 Å². The lowest BCUT2D eigenvalue weighted by atomic mass is 10.1. The van der Waals surface area contributed by atoms with Crippen molar-refractivity contribution in [3.8, 4) is 11.4 Å². The average Bonchev–Trinajstić information content (AvgIpc) is 3.10. The number of aliphatic hydroxyl groups is 1. The molecule has 5 nitrogen and oxygen atoms in total. The summed E-state index contributed by atoms with van der Waals surface area (Å²) in [5.74, 6) is 1.51. The van der Waals surface area contributed by atoms with Gasteiger partial charge in [-0.1, -0.05) is 0 Å². The Morgan fingerprint density at radius 2 is 2.26 bits per heavy atom. The van der Waals surface area contributed by atoms with Crippen molar-refractivity contribution in [3.63, 3.8) is 0 Å². The third kappa shape index (κ3) is 2.61. The third-order valence-corrected chi connectivity index (χ3v) is 3.67. The van der Waals surface area contributed by atoms with Crippen LogP contribution in [-0.4, -0.2) is 40.0 Å². The summed E-state index contributed by atoms with van der Waals surface area (Å²) in [5.41, 5.74) is 1.85. The standard InChI is InChI=1S/C14H18N4O/c19-9-6-11-5-8-18(10-11)14-4-3-13(16-17-14)12-2-1-7-15-12/h1-4,7,11,15,19H,5-6,8-10H2. The monoisotopic (exact) mass is 258 g/mol. The molecular formula is C14H18N4O. The van der Waals surface area contributed by atoms with Crippen LogP contribution in [0.15, 0.2) is 30.5 Å². The molecular weight excluding hydrogens is 240 g/mol. The molecule has 0 radical (unpaired) electrons. The summed E-state index contributed by atoms with van der Waals surface area (Å²) < 4.78 is 0. The normalized spacial score (nSPS) is 19.0. The molecule has 2 aromatic heterocycles. The summed E-state index contributed by atoms with van der Waals surface area (Å²) in [6.07, 6.45) is 3.88. The van der Waals surface area contributed by atoms with Gasteiger partial charge in [-0.15, -0.1) is 10.2 Å². The summed E-state index contributed by atoms with van der Waals surface area (Å²) in [6.45, 7) is 2.24. The first-order chi connectivity index (χ1) is 9.36. The molecule has 1 saturated heterocycles. The molecule has 19 heavy (non-hydrogen) atoms. The second-order valence-corrected chi connectivity index (χ2v) is 4.97. The van der Waals surface area contributed by atoms with Gasteiger partial charge in [0.2, 0.25) is 0 Å². The van der Waals surface area contributed by atoms with Crippen LogP contribution in [-0.2, 0) is 0 Å². The number of anilines is 1. The maximum Gasteiger partial charge on any atom is 0.151 e. The van der Waals surface area contributed by atoms with Gasteiger partial charge in [-0.2, -0.15) is 0 Å². The number of H-pyrrole nitrogens is 1. The molecule has 1 aliphatic rings. The second-order valence-electron chi connectivity index (χ2n) is 4.97. The van der Waals surface area contributed by atoms with E-state index in [0.29, 0.717) is 5.92 Å². The quantitative estimate of drug-likeness (QED) is 0.875. The molecule has 0 amide bonds. The van der Waals surface area contributed by atoms with Gasteiger partial charge in [0.15, 0.2) is 5.82 Å². The van der Waals surface area contributed by atoms with E-state index >= 15 is 0 Å². The minimum atomic E-state index is 0.274. The molecule has 1 aliphatic heterocycles. The summed E-state index contributed by atoms with van der Waals surface area (Å²) in [7, 11) is 0.